The Balaban J connectivity index is 1.04. The molecule has 1 heterocycles. The highest BCUT2D eigenvalue weighted by atomic mass is 15.0. The zero-order chi connectivity index (χ0) is 38.4. The average molecular weight is 738 g/mol. The molecule has 0 N–H and O–H groups in total. The third kappa shape index (κ3) is 5.80. The Hall–Kier alpha value is -7.75. The van der Waals surface area contributed by atoms with Crippen LogP contribution >= 0.6 is 0 Å². The van der Waals surface area contributed by atoms with Crippen molar-refractivity contribution < 1.29 is 0 Å². The topological polar surface area (TPSA) is 38.7 Å². The minimum absolute atomic E-state index is 0.633. The molecular weight excluding hydrogens is 703 g/mol. The average Bonchev–Trinajstić information content (AvgIpc) is 3.31. The molecule has 270 valence electrons. The minimum Gasteiger partial charge on any atom is -0.208 e. The molecule has 3 heteroatoms. The summed E-state index contributed by atoms with van der Waals surface area (Å²) in [5.41, 5.74) is 9.84. The summed E-state index contributed by atoms with van der Waals surface area (Å²) in [6.45, 7) is 0. The first-order chi connectivity index (χ1) is 28.8. The maximum atomic E-state index is 5.13. The lowest BCUT2D eigenvalue weighted by Crippen LogP contribution is -2.01. The van der Waals surface area contributed by atoms with Gasteiger partial charge in [-0.15, -0.1) is 0 Å². The molecule has 1 aromatic heterocycles. The van der Waals surface area contributed by atoms with Gasteiger partial charge in [0, 0.05) is 16.7 Å². The highest BCUT2D eigenvalue weighted by Crippen LogP contribution is 2.44. The molecule has 0 saturated carbocycles. The Morgan fingerprint density at radius 3 is 1.43 bits per heavy atom. The summed E-state index contributed by atoms with van der Waals surface area (Å²) in [5, 5.41) is 9.99. The molecule has 11 rings (SSSR count). The Morgan fingerprint density at radius 2 is 0.707 bits per heavy atom. The van der Waals surface area contributed by atoms with Crippen molar-refractivity contribution in [1.82, 2.24) is 15.0 Å². The van der Waals surface area contributed by atoms with Gasteiger partial charge in [0.15, 0.2) is 17.5 Å². The molecule has 0 aliphatic heterocycles. The van der Waals surface area contributed by atoms with Crippen molar-refractivity contribution in [2.75, 3.05) is 0 Å². The molecule has 0 spiro atoms. The van der Waals surface area contributed by atoms with Crippen LogP contribution in [0.1, 0.15) is 0 Å². The number of nitrogens with zero attached hydrogens (tertiary/aromatic N) is 3. The lowest BCUT2D eigenvalue weighted by Gasteiger charge is -2.17. The summed E-state index contributed by atoms with van der Waals surface area (Å²) in [7, 11) is 0. The predicted octanol–water partition coefficient (Wildman–Crippen LogP) is 14.5. The fourth-order valence-corrected chi connectivity index (χ4v) is 8.57. The molecule has 3 nitrogen and oxygen atoms in total. The zero-order valence-electron chi connectivity index (χ0n) is 31.5. The molecule has 0 amide bonds. The first-order valence-corrected chi connectivity index (χ1v) is 19.7. The number of aromatic nitrogens is 3. The van der Waals surface area contributed by atoms with E-state index in [1.165, 1.54) is 59.8 Å². The summed E-state index contributed by atoms with van der Waals surface area (Å²) in [6, 6.07) is 75.4. The third-order valence-corrected chi connectivity index (χ3v) is 11.3. The SMILES string of the molecule is c1ccc(-c2nc(-c3ccc(-c4ccc(-c5c6ccccc6cc6c5ccc5ccccc56)c5ccccc45)cc3)nc(-c3ccccc3-c3ccccc3)n2)cc1. The lowest BCUT2D eigenvalue weighted by molar-refractivity contribution is 1.07. The van der Waals surface area contributed by atoms with Gasteiger partial charge in [-0.05, 0) is 82.5 Å². The number of rotatable bonds is 6. The van der Waals surface area contributed by atoms with Gasteiger partial charge in [-0.2, -0.15) is 0 Å². The largest absolute Gasteiger partial charge is 0.208 e. The van der Waals surface area contributed by atoms with E-state index < -0.39 is 0 Å². The molecule has 0 unspecified atom stereocenters. The van der Waals surface area contributed by atoms with Gasteiger partial charge < -0.3 is 0 Å². The zero-order valence-corrected chi connectivity index (χ0v) is 31.5. The summed E-state index contributed by atoms with van der Waals surface area (Å²) >= 11 is 0. The molecule has 0 radical (unpaired) electrons. The molecule has 11 aromatic rings. The molecule has 0 aliphatic rings. The quantitative estimate of drug-likeness (QED) is 0.126. The number of fused-ring (bicyclic) bond motifs is 5. The van der Waals surface area contributed by atoms with Crippen LogP contribution in [-0.2, 0) is 0 Å². The summed E-state index contributed by atoms with van der Waals surface area (Å²) in [5.74, 6) is 1.92. The standard InChI is InChI=1S/C55H35N3/c1-3-15-36(16-4-1)42-21-11-14-26-50(42)55-57-53(39-18-5-2-6-19-39)56-54(58-55)40-29-27-38(28-30-40)44-33-34-48(47-25-13-12-24-46(44)47)52-45-23-10-8-20-41(45)35-51-43-22-9-7-17-37(43)31-32-49(51)52/h1-35H. The first-order valence-electron chi connectivity index (χ1n) is 19.7. The van der Waals surface area contributed by atoms with Gasteiger partial charge >= 0.3 is 0 Å². The Morgan fingerprint density at radius 1 is 0.224 bits per heavy atom. The Bertz CT molecular complexity index is 3320. The van der Waals surface area contributed by atoms with E-state index in [0.717, 1.165) is 33.4 Å². The van der Waals surface area contributed by atoms with E-state index in [2.05, 4.69) is 170 Å². The summed E-state index contributed by atoms with van der Waals surface area (Å²) in [4.78, 5) is 15.2. The predicted molar refractivity (Wildman–Crippen MR) is 242 cm³/mol. The fourth-order valence-electron chi connectivity index (χ4n) is 8.57. The normalized spacial score (nSPS) is 11.4. The van der Waals surface area contributed by atoms with Crippen molar-refractivity contribution in [3.63, 3.8) is 0 Å². The van der Waals surface area contributed by atoms with E-state index in [9.17, 15) is 0 Å². The van der Waals surface area contributed by atoms with Gasteiger partial charge in [0.05, 0.1) is 0 Å². The van der Waals surface area contributed by atoms with Crippen molar-refractivity contribution >= 4 is 43.1 Å². The Labute approximate surface area is 336 Å². The molecule has 0 atom stereocenters. The van der Waals surface area contributed by atoms with Crippen molar-refractivity contribution in [1.29, 1.82) is 0 Å². The van der Waals surface area contributed by atoms with Crippen LogP contribution < -0.4 is 0 Å². The second kappa shape index (κ2) is 14.1. The van der Waals surface area contributed by atoms with E-state index in [4.69, 9.17) is 15.0 Å². The maximum absolute atomic E-state index is 5.13. The van der Waals surface area contributed by atoms with E-state index >= 15 is 0 Å². The van der Waals surface area contributed by atoms with E-state index in [1.807, 2.05) is 42.5 Å². The number of hydrogen-bond acceptors (Lipinski definition) is 3. The second-order valence-corrected chi connectivity index (χ2v) is 14.7. The molecular formula is C55H35N3. The third-order valence-electron chi connectivity index (χ3n) is 11.3. The van der Waals surface area contributed by atoms with Gasteiger partial charge in [0.25, 0.3) is 0 Å². The van der Waals surface area contributed by atoms with Crippen molar-refractivity contribution in [2.45, 2.75) is 0 Å². The van der Waals surface area contributed by atoms with Gasteiger partial charge in [-0.3, -0.25) is 0 Å². The van der Waals surface area contributed by atoms with Gasteiger partial charge in [0.1, 0.15) is 0 Å². The molecule has 0 aliphatic carbocycles. The molecule has 10 aromatic carbocycles. The highest BCUT2D eigenvalue weighted by molar-refractivity contribution is 6.23. The van der Waals surface area contributed by atoms with Crippen molar-refractivity contribution in [3.8, 4) is 67.5 Å². The Kier molecular flexibility index (Phi) is 8.15. The van der Waals surface area contributed by atoms with E-state index in [1.54, 1.807) is 0 Å². The van der Waals surface area contributed by atoms with Crippen LogP contribution in [0.3, 0.4) is 0 Å². The highest BCUT2D eigenvalue weighted by Gasteiger charge is 2.18. The van der Waals surface area contributed by atoms with Crippen molar-refractivity contribution in [2.24, 2.45) is 0 Å². The van der Waals surface area contributed by atoms with Gasteiger partial charge in [-0.25, -0.2) is 15.0 Å². The van der Waals surface area contributed by atoms with Crippen LogP contribution in [0.5, 0.6) is 0 Å². The smallest absolute Gasteiger partial charge is 0.164 e. The maximum Gasteiger partial charge on any atom is 0.164 e. The van der Waals surface area contributed by atoms with E-state index in [-0.39, 0.29) is 0 Å². The van der Waals surface area contributed by atoms with Crippen LogP contribution in [0.15, 0.2) is 212 Å². The molecule has 0 saturated heterocycles. The van der Waals surface area contributed by atoms with Crippen molar-refractivity contribution in [3.05, 3.63) is 212 Å². The number of benzene rings is 10. The van der Waals surface area contributed by atoms with Crippen LogP contribution in [0.2, 0.25) is 0 Å². The van der Waals surface area contributed by atoms with E-state index in [0.29, 0.717) is 17.5 Å². The van der Waals surface area contributed by atoms with Gasteiger partial charge in [0.2, 0.25) is 0 Å². The molecule has 58 heavy (non-hydrogen) atoms. The number of hydrogen-bond donors (Lipinski definition) is 0. The van der Waals surface area contributed by atoms with Crippen LogP contribution in [0, 0.1) is 0 Å². The monoisotopic (exact) mass is 737 g/mol. The van der Waals surface area contributed by atoms with Crippen LogP contribution in [-0.4, -0.2) is 15.0 Å². The minimum atomic E-state index is 0.633. The molecule has 0 fully saturated rings. The van der Waals surface area contributed by atoms with Crippen LogP contribution in [0.25, 0.3) is 111 Å². The summed E-state index contributed by atoms with van der Waals surface area (Å²) in [6.07, 6.45) is 0. The molecule has 0 bridgehead atoms. The fraction of sp³-hybridized carbons (Fsp3) is 0. The lowest BCUT2D eigenvalue weighted by atomic mass is 9.86. The van der Waals surface area contributed by atoms with Crippen LogP contribution in [0.4, 0.5) is 0 Å². The first kappa shape index (κ1) is 33.6. The van der Waals surface area contributed by atoms with Gasteiger partial charge in [-0.1, -0.05) is 206 Å². The summed E-state index contributed by atoms with van der Waals surface area (Å²) < 4.78 is 0. The second-order valence-electron chi connectivity index (χ2n) is 14.7.